The van der Waals surface area contributed by atoms with E-state index >= 15 is 0 Å². The van der Waals surface area contributed by atoms with E-state index in [2.05, 4.69) is 38.6 Å². The van der Waals surface area contributed by atoms with E-state index in [1.54, 1.807) is 12.1 Å². The zero-order chi connectivity index (χ0) is 14.5. The van der Waals surface area contributed by atoms with E-state index in [4.69, 9.17) is 0 Å². The largest absolute Gasteiger partial charge is 0.207 e. The van der Waals surface area contributed by atoms with E-state index < -0.39 is 0 Å². The van der Waals surface area contributed by atoms with Crippen molar-refractivity contribution in [2.45, 2.75) is 33.1 Å². The van der Waals surface area contributed by atoms with Gasteiger partial charge in [-0.1, -0.05) is 49.4 Å². The third kappa shape index (κ3) is 3.36. The van der Waals surface area contributed by atoms with Gasteiger partial charge in [0, 0.05) is 0 Å². The van der Waals surface area contributed by atoms with Gasteiger partial charge in [0.05, 0.1) is 0 Å². The minimum Gasteiger partial charge on any atom is -0.207 e. The first-order valence-electron chi connectivity index (χ1n) is 7.13. The Balaban J connectivity index is 2.23. The molecule has 0 aliphatic carbocycles. The summed E-state index contributed by atoms with van der Waals surface area (Å²) in [6.07, 6.45) is 2.78. The minimum absolute atomic E-state index is 0.162. The first-order valence-corrected chi connectivity index (χ1v) is 7.13. The van der Waals surface area contributed by atoms with Crippen molar-refractivity contribution in [3.63, 3.8) is 0 Å². The summed E-state index contributed by atoms with van der Waals surface area (Å²) in [5, 5.41) is 0. The number of hydrogen-bond donors (Lipinski definition) is 0. The van der Waals surface area contributed by atoms with E-state index in [9.17, 15) is 4.39 Å². The number of rotatable bonds is 5. The Morgan fingerprint density at radius 1 is 1.05 bits per heavy atom. The number of benzene rings is 2. The summed E-state index contributed by atoms with van der Waals surface area (Å²) in [5.74, 6) is -0.162. The van der Waals surface area contributed by atoms with E-state index in [1.807, 2.05) is 6.07 Å². The highest BCUT2D eigenvalue weighted by molar-refractivity contribution is 5.67. The van der Waals surface area contributed by atoms with Crippen LogP contribution in [0.25, 0.3) is 5.57 Å². The van der Waals surface area contributed by atoms with E-state index in [0.717, 1.165) is 30.4 Å². The van der Waals surface area contributed by atoms with Crippen molar-refractivity contribution >= 4 is 5.57 Å². The molecule has 2 rings (SSSR count). The molecule has 0 heterocycles. The number of allylic oxidation sites excluding steroid dienone is 1. The van der Waals surface area contributed by atoms with Gasteiger partial charge in [-0.15, -0.1) is 0 Å². The lowest BCUT2D eigenvalue weighted by atomic mass is 9.91. The van der Waals surface area contributed by atoms with Crippen LogP contribution in [0.3, 0.4) is 0 Å². The maximum atomic E-state index is 13.2. The summed E-state index contributed by atoms with van der Waals surface area (Å²) in [6, 6.07) is 13.3. The summed E-state index contributed by atoms with van der Waals surface area (Å²) >= 11 is 0. The molecule has 0 aromatic heterocycles. The number of aryl methyl sites for hydroxylation is 3. The van der Waals surface area contributed by atoms with Crippen LogP contribution in [0.1, 0.15) is 36.1 Å². The Bertz CT molecular complexity index is 611. The van der Waals surface area contributed by atoms with Crippen LogP contribution >= 0.6 is 0 Å². The molecular formula is C19H21F. The van der Waals surface area contributed by atoms with Crippen molar-refractivity contribution < 1.29 is 4.39 Å². The lowest BCUT2D eigenvalue weighted by molar-refractivity contribution is 0.625. The molecule has 0 atom stereocenters. The monoisotopic (exact) mass is 268 g/mol. The van der Waals surface area contributed by atoms with Crippen LogP contribution in [-0.2, 0) is 19.3 Å². The average molecular weight is 268 g/mol. The van der Waals surface area contributed by atoms with Crippen LogP contribution in [0.5, 0.6) is 0 Å². The number of hydrogen-bond acceptors (Lipinski definition) is 0. The fourth-order valence-electron chi connectivity index (χ4n) is 2.68. The smallest absolute Gasteiger partial charge is 0.123 e. The second-order valence-electron chi connectivity index (χ2n) is 5.22. The predicted molar refractivity (Wildman–Crippen MR) is 84.3 cm³/mol. The summed E-state index contributed by atoms with van der Waals surface area (Å²) in [4.78, 5) is 0. The molecular weight excluding hydrogens is 247 g/mol. The van der Waals surface area contributed by atoms with E-state index in [-0.39, 0.29) is 5.82 Å². The Kier molecular flexibility index (Phi) is 4.73. The molecule has 0 fully saturated rings. The quantitative estimate of drug-likeness (QED) is 0.698. The van der Waals surface area contributed by atoms with Gasteiger partial charge in [-0.3, -0.25) is 0 Å². The highest BCUT2D eigenvalue weighted by atomic mass is 19.1. The molecule has 0 aliphatic heterocycles. The molecule has 0 nitrogen and oxygen atoms in total. The fraction of sp³-hybridized carbons (Fsp3) is 0.263. The highest BCUT2D eigenvalue weighted by Crippen LogP contribution is 2.24. The van der Waals surface area contributed by atoms with Gasteiger partial charge in [-0.05, 0) is 60.6 Å². The lowest BCUT2D eigenvalue weighted by Crippen LogP contribution is -2.00. The van der Waals surface area contributed by atoms with Gasteiger partial charge in [0.15, 0.2) is 0 Å². The van der Waals surface area contributed by atoms with Crippen LogP contribution in [0.4, 0.5) is 4.39 Å². The van der Waals surface area contributed by atoms with Crippen LogP contribution in [0.15, 0.2) is 49.0 Å². The molecule has 104 valence electrons. The Morgan fingerprint density at radius 2 is 1.75 bits per heavy atom. The standard InChI is InChI=1S/C19H21F/c1-4-16-8-6-9-17(19(16)14(2)3)12-11-15-7-5-10-18(20)13-15/h5-10,13H,2,4,11-12H2,1,3H3. The molecule has 1 heteroatoms. The molecule has 20 heavy (non-hydrogen) atoms. The molecule has 0 spiro atoms. The van der Waals surface area contributed by atoms with Gasteiger partial charge in [-0.25, -0.2) is 4.39 Å². The summed E-state index contributed by atoms with van der Waals surface area (Å²) in [5.41, 5.74) is 6.08. The minimum atomic E-state index is -0.162. The topological polar surface area (TPSA) is 0 Å². The summed E-state index contributed by atoms with van der Waals surface area (Å²) < 4.78 is 13.2. The van der Waals surface area contributed by atoms with Crippen molar-refractivity contribution in [3.05, 3.63) is 77.1 Å². The Hall–Kier alpha value is -1.89. The van der Waals surface area contributed by atoms with Crippen molar-refractivity contribution in [1.82, 2.24) is 0 Å². The second kappa shape index (κ2) is 6.51. The van der Waals surface area contributed by atoms with Crippen LogP contribution in [0.2, 0.25) is 0 Å². The Labute approximate surface area is 121 Å². The SMILES string of the molecule is C=C(C)c1c(CC)cccc1CCc1cccc(F)c1. The molecule has 0 saturated carbocycles. The van der Waals surface area contributed by atoms with Crippen LogP contribution in [0, 0.1) is 5.82 Å². The van der Waals surface area contributed by atoms with E-state index in [0.29, 0.717) is 0 Å². The second-order valence-corrected chi connectivity index (χ2v) is 5.22. The molecule has 2 aromatic rings. The predicted octanol–water partition coefficient (Wildman–Crippen LogP) is 5.21. The van der Waals surface area contributed by atoms with Crippen LogP contribution < -0.4 is 0 Å². The summed E-state index contributed by atoms with van der Waals surface area (Å²) in [6.45, 7) is 8.32. The Morgan fingerprint density at radius 3 is 2.40 bits per heavy atom. The van der Waals surface area contributed by atoms with Crippen molar-refractivity contribution in [2.24, 2.45) is 0 Å². The van der Waals surface area contributed by atoms with Gasteiger partial charge in [0.25, 0.3) is 0 Å². The third-order valence-corrected chi connectivity index (χ3v) is 3.62. The summed E-state index contributed by atoms with van der Waals surface area (Å²) in [7, 11) is 0. The molecule has 0 aliphatic rings. The van der Waals surface area contributed by atoms with Gasteiger partial charge < -0.3 is 0 Å². The molecule has 0 N–H and O–H groups in total. The highest BCUT2D eigenvalue weighted by Gasteiger charge is 2.08. The molecule has 0 radical (unpaired) electrons. The average Bonchev–Trinajstić information content (AvgIpc) is 2.44. The maximum absolute atomic E-state index is 13.2. The third-order valence-electron chi connectivity index (χ3n) is 3.62. The molecule has 0 bridgehead atoms. The van der Waals surface area contributed by atoms with Crippen LogP contribution in [-0.4, -0.2) is 0 Å². The van der Waals surface area contributed by atoms with Crippen molar-refractivity contribution in [3.8, 4) is 0 Å². The zero-order valence-corrected chi connectivity index (χ0v) is 12.2. The normalized spacial score (nSPS) is 10.6. The first-order chi connectivity index (χ1) is 9.61. The van der Waals surface area contributed by atoms with Crippen molar-refractivity contribution in [2.75, 3.05) is 0 Å². The van der Waals surface area contributed by atoms with Gasteiger partial charge in [-0.2, -0.15) is 0 Å². The molecule has 0 saturated heterocycles. The van der Waals surface area contributed by atoms with Gasteiger partial charge in [0.2, 0.25) is 0 Å². The molecule has 0 unspecified atom stereocenters. The maximum Gasteiger partial charge on any atom is 0.123 e. The molecule has 0 amide bonds. The van der Waals surface area contributed by atoms with E-state index in [1.165, 1.54) is 22.8 Å². The van der Waals surface area contributed by atoms with Gasteiger partial charge in [0.1, 0.15) is 5.82 Å². The molecule has 2 aromatic carbocycles. The fourth-order valence-corrected chi connectivity index (χ4v) is 2.68. The lowest BCUT2D eigenvalue weighted by Gasteiger charge is -2.14. The number of halogens is 1. The first kappa shape index (κ1) is 14.5. The zero-order valence-electron chi connectivity index (χ0n) is 12.2. The van der Waals surface area contributed by atoms with Gasteiger partial charge >= 0.3 is 0 Å². The van der Waals surface area contributed by atoms with Crippen molar-refractivity contribution in [1.29, 1.82) is 0 Å².